The summed E-state index contributed by atoms with van der Waals surface area (Å²) in [7, 11) is 0. The molecule has 3 aromatic rings. The summed E-state index contributed by atoms with van der Waals surface area (Å²) in [6.07, 6.45) is 4.99. The fourth-order valence-electron chi connectivity index (χ4n) is 2.39. The standard InChI is InChI=1S/C17H16N2O3/c1-12-10-13-4-9-22-16(13)15(11-12)17(21)18-5-8-19-6-2-14(20)3-7-19/h2-4,6-7,9-11H,5,8H2,1H3,(H,18,21). The Morgan fingerprint density at radius 2 is 2.00 bits per heavy atom. The van der Waals surface area contributed by atoms with E-state index in [9.17, 15) is 9.59 Å². The number of nitrogens with one attached hydrogen (secondary N) is 1. The first kappa shape index (κ1) is 14.1. The van der Waals surface area contributed by atoms with Crippen LogP contribution in [0.2, 0.25) is 0 Å². The van der Waals surface area contributed by atoms with E-state index in [1.807, 2.05) is 29.7 Å². The fraction of sp³-hybridized carbons (Fsp3) is 0.176. The smallest absolute Gasteiger partial charge is 0.255 e. The second kappa shape index (κ2) is 5.89. The van der Waals surface area contributed by atoms with Gasteiger partial charge in [0, 0.05) is 43.0 Å². The molecule has 5 heteroatoms. The highest BCUT2D eigenvalue weighted by molar-refractivity contribution is 6.05. The van der Waals surface area contributed by atoms with E-state index in [0.717, 1.165) is 10.9 Å². The summed E-state index contributed by atoms with van der Waals surface area (Å²) in [4.78, 5) is 23.3. The number of aryl methyl sites for hydroxylation is 1. The molecule has 112 valence electrons. The Kier molecular flexibility index (Phi) is 3.78. The van der Waals surface area contributed by atoms with Crippen molar-refractivity contribution in [2.75, 3.05) is 6.54 Å². The lowest BCUT2D eigenvalue weighted by molar-refractivity contribution is 0.0953. The third-order valence-electron chi connectivity index (χ3n) is 3.46. The molecule has 0 atom stereocenters. The molecule has 2 aromatic heterocycles. The molecule has 0 radical (unpaired) electrons. The predicted molar refractivity (Wildman–Crippen MR) is 84.0 cm³/mol. The average molecular weight is 296 g/mol. The van der Waals surface area contributed by atoms with Crippen LogP contribution in [0.5, 0.6) is 0 Å². The number of hydrogen-bond acceptors (Lipinski definition) is 3. The number of fused-ring (bicyclic) bond motifs is 1. The van der Waals surface area contributed by atoms with Crippen LogP contribution in [0.25, 0.3) is 11.0 Å². The highest BCUT2D eigenvalue weighted by Gasteiger charge is 2.13. The molecule has 0 aliphatic carbocycles. The normalized spacial score (nSPS) is 10.8. The molecule has 0 bridgehead atoms. The van der Waals surface area contributed by atoms with Crippen molar-refractivity contribution >= 4 is 16.9 Å². The zero-order valence-electron chi connectivity index (χ0n) is 12.2. The van der Waals surface area contributed by atoms with Gasteiger partial charge >= 0.3 is 0 Å². The third-order valence-corrected chi connectivity index (χ3v) is 3.46. The molecular weight excluding hydrogens is 280 g/mol. The quantitative estimate of drug-likeness (QED) is 0.803. The number of aromatic nitrogens is 1. The summed E-state index contributed by atoms with van der Waals surface area (Å²) >= 11 is 0. The largest absolute Gasteiger partial charge is 0.464 e. The summed E-state index contributed by atoms with van der Waals surface area (Å²) in [5.74, 6) is -0.162. The maximum Gasteiger partial charge on any atom is 0.255 e. The van der Waals surface area contributed by atoms with Crippen molar-refractivity contribution < 1.29 is 9.21 Å². The maximum absolute atomic E-state index is 12.3. The number of rotatable bonds is 4. The third kappa shape index (κ3) is 2.93. The lowest BCUT2D eigenvalue weighted by atomic mass is 10.1. The summed E-state index contributed by atoms with van der Waals surface area (Å²) < 4.78 is 7.25. The molecule has 0 spiro atoms. The zero-order chi connectivity index (χ0) is 15.5. The van der Waals surface area contributed by atoms with Crippen LogP contribution < -0.4 is 10.7 Å². The van der Waals surface area contributed by atoms with E-state index >= 15 is 0 Å². The maximum atomic E-state index is 12.3. The monoisotopic (exact) mass is 296 g/mol. The molecule has 0 aliphatic rings. The first-order valence-corrected chi connectivity index (χ1v) is 7.05. The Morgan fingerprint density at radius 1 is 1.23 bits per heavy atom. The number of carbonyl (C=O) groups is 1. The van der Waals surface area contributed by atoms with Crippen LogP contribution in [-0.2, 0) is 6.54 Å². The molecule has 1 amide bonds. The van der Waals surface area contributed by atoms with Gasteiger partial charge in [-0.3, -0.25) is 9.59 Å². The Morgan fingerprint density at radius 3 is 2.77 bits per heavy atom. The minimum absolute atomic E-state index is 0.0275. The molecule has 0 unspecified atom stereocenters. The highest BCUT2D eigenvalue weighted by Crippen LogP contribution is 2.22. The molecule has 0 saturated carbocycles. The van der Waals surface area contributed by atoms with Gasteiger partial charge in [-0.25, -0.2) is 0 Å². The SMILES string of the molecule is Cc1cc(C(=O)NCCn2ccc(=O)cc2)c2occc2c1. The van der Waals surface area contributed by atoms with Gasteiger partial charge in [0.05, 0.1) is 11.8 Å². The van der Waals surface area contributed by atoms with E-state index in [1.165, 1.54) is 12.1 Å². The van der Waals surface area contributed by atoms with E-state index in [1.54, 1.807) is 18.7 Å². The lowest BCUT2D eigenvalue weighted by Gasteiger charge is -2.08. The van der Waals surface area contributed by atoms with Crippen molar-refractivity contribution in [2.24, 2.45) is 0 Å². The number of benzene rings is 1. The second-order valence-corrected chi connectivity index (χ2v) is 5.18. The van der Waals surface area contributed by atoms with Gasteiger partial charge in [0.2, 0.25) is 0 Å². The van der Waals surface area contributed by atoms with Gasteiger partial charge in [0.15, 0.2) is 5.43 Å². The highest BCUT2D eigenvalue weighted by atomic mass is 16.3. The first-order valence-electron chi connectivity index (χ1n) is 7.05. The van der Waals surface area contributed by atoms with Gasteiger partial charge < -0.3 is 14.3 Å². The van der Waals surface area contributed by atoms with Gasteiger partial charge in [0.25, 0.3) is 5.91 Å². The van der Waals surface area contributed by atoms with Crippen LogP contribution in [0.1, 0.15) is 15.9 Å². The lowest BCUT2D eigenvalue weighted by Crippen LogP contribution is -2.27. The topological polar surface area (TPSA) is 64.2 Å². The van der Waals surface area contributed by atoms with Crippen molar-refractivity contribution in [2.45, 2.75) is 13.5 Å². The van der Waals surface area contributed by atoms with Crippen LogP contribution >= 0.6 is 0 Å². The van der Waals surface area contributed by atoms with Crippen molar-refractivity contribution in [1.82, 2.24) is 9.88 Å². The Bertz CT molecular complexity index is 856. The van der Waals surface area contributed by atoms with Crippen LogP contribution in [-0.4, -0.2) is 17.0 Å². The Hall–Kier alpha value is -2.82. The number of furan rings is 1. The molecular formula is C17H16N2O3. The van der Waals surface area contributed by atoms with Crippen molar-refractivity contribution in [3.63, 3.8) is 0 Å². The van der Waals surface area contributed by atoms with Gasteiger partial charge in [-0.1, -0.05) is 0 Å². The molecule has 22 heavy (non-hydrogen) atoms. The van der Waals surface area contributed by atoms with Crippen molar-refractivity contribution in [3.05, 3.63) is 70.3 Å². The van der Waals surface area contributed by atoms with Crippen LogP contribution in [0.3, 0.4) is 0 Å². The molecule has 1 aromatic carbocycles. The van der Waals surface area contributed by atoms with Gasteiger partial charge in [-0.2, -0.15) is 0 Å². The van der Waals surface area contributed by atoms with Crippen LogP contribution in [0.4, 0.5) is 0 Å². The Balaban J connectivity index is 1.69. The molecule has 1 N–H and O–H groups in total. The molecule has 0 saturated heterocycles. The van der Waals surface area contributed by atoms with E-state index in [0.29, 0.717) is 24.2 Å². The van der Waals surface area contributed by atoms with Crippen LogP contribution in [0, 0.1) is 6.92 Å². The molecule has 0 fully saturated rings. The predicted octanol–water partition coefficient (Wildman–Crippen LogP) is 2.33. The summed E-state index contributed by atoms with van der Waals surface area (Å²) in [5.41, 5.74) is 2.13. The van der Waals surface area contributed by atoms with Crippen LogP contribution in [0.15, 0.2) is 58.2 Å². The number of amides is 1. The minimum Gasteiger partial charge on any atom is -0.464 e. The molecule has 2 heterocycles. The number of nitrogens with zero attached hydrogens (tertiary/aromatic N) is 1. The summed E-state index contributed by atoms with van der Waals surface area (Å²) in [5, 5.41) is 3.80. The average Bonchev–Trinajstić information content (AvgIpc) is 2.96. The number of carbonyl (C=O) groups excluding carboxylic acids is 1. The van der Waals surface area contributed by atoms with Gasteiger partial charge in [0.1, 0.15) is 5.58 Å². The van der Waals surface area contributed by atoms with E-state index < -0.39 is 0 Å². The van der Waals surface area contributed by atoms with Gasteiger partial charge in [-0.05, 0) is 30.7 Å². The van der Waals surface area contributed by atoms with E-state index in [-0.39, 0.29) is 11.3 Å². The van der Waals surface area contributed by atoms with E-state index in [4.69, 9.17) is 4.42 Å². The fourth-order valence-corrected chi connectivity index (χ4v) is 2.39. The van der Waals surface area contributed by atoms with Crippen molar-refractivity contribution in [3.8, 4) is 0 Å². The minimum atomic E-state index is -0.162. The zero-order valence-corrected chi connectivity index (χ0v) is 12.2. The van der Waals surface area contributed by atoms with E-state index in [2.05, 4.69) is 5.32 Å². The van der Waals surface area contributed by atoms with Gasteiger partial charge in [-0.15, -0.1) is 0 Å². The second-order valence-electron chi connectivity index (χ2n) is 5.18. The van der Waals surface area contributed by atoms with Crippen molar-refractivity contribution in [1.29, 1.82) is 0 Å². The molecule has 0 aliphatic heterocycles. The Labute approximate surface area is 127 Å². The molecule has 5 nitrogen and oxygen atoms in total. The summed E-state index contributed by atoms with van der Waals surface area (Å²) in [6.45, 7) is 3.01. The first-order chi connectivity index (χ1) is 10.6. The number of pyridine rings is 1. The summed E-state index contributed by atoms with van der Waals surface area (Å²) in [6, 6.07) is 8.64. The molecule has 3 rings (SSSR count). The number of hydrogen-bond donors (Lipinski definition) is 1.